The van der Waals surface area contributed by atoms with Crippen LogP contribution in [-0.2, 0) is 30.2 Å². The fraction of sp³-hybridized carbons (Fsp3) is 0.265. The third kappa shape index (κ3) is 8.82. The van der Waals surface area contributed by atoms with Gasteiger partial charge in [-0.25, -0.2) is 9.78 Å². The normalized spacial score (nSPS) is 12.5. The van der Waals surface area contributed by atoms with Crippen LogP contribution in [0.1, 0.15) is 53.2 Å². The van der Waals surface area contributed by atoms with E-state index in [0.29, 0.717) is 24.7 Å². The number of carbonyl (C=O) groups excluding carboxylic acids is 1. The Morgan fingerprint density at radius 3 is 2.32 bits per heavy atom. The van der Waals surface area contributed by atoms with Gasteiger partial charge in [0.25, 0.3) is 0 Å². The fourth-order valence-electron chi connectivity index (χ4n) is 4.57. The number of ether oxygens (including phenoxy) is 1. The molecule has 0 unspecified atom stereocenters. The van der Waals surface area contributed by atoms with E-state index in [4.69, 9.17) is 9.15 Å². The average molecular weight is 607 g/mol. The molecular formula is C34H33F3N2O5. The van der Waals surface area contributed by atoms with Gasteiger partial charge in [0.1, 0.15) is 17.6 Å². The summed E-state index contributed by atoms with van der Waals surface area (Å²) >= 11 is 0. The average Bonchev–Trinajstić information content (AvgIpc) is 3.43. The molecule has 1 heterocycles. The number of nitrogens with one attached hydrogen (secondary N) is 1. The van der Waals surface area contributed by atoms with Gasteiger partial charge in [0, 0.05) is 35.7 Å². The molecule has 1 atom stereocenters. The molecule has 1 aromatic heterocycles. The highest BCUT2D eigenvalue weighted by Crippen LogP contribution is 2.29. The summed E-state index contributed by atoms with van der Waals surface area (Å²) in [5.74, 6) is 0.464. The van der Waals surface area contributed by atoms with Gasteiger partial charge in [0.05, 0.1) is 17.9 Å². The molecule has 0 aliphatic carbocycles. The first-order chi connectivity index (χ1) is 21.0. The SMILES string of the molecule is CCc1oc(-c2ccccc2)nc1CCCOc1ccc(C[C@H](N/C(C)=C\C(=O)c2ccc(C(F)(F)F)cc2)C(=O)O)cc1. The van der Waals surface area contributed by atoms with Crippen molar-refractivity contribution in [1.82, 2.24) is 10.3 Å². The summed E-state index contributed by atoms with van der Waals surface area (Å²) < 4.78 is 50.2. The lowest BCUT2D eigenvalue weighted by Gasteiger charge is -2.16. The van der Waals surface area contributed by atoms with Crippen LogP contribution in [0.15, 0.2) is 95.1 Å². The van der Waals surface area contributed by atoms with E-state index in [1.807, 2.05) is 37.3 Å². The second-order valence-corrected chi connectivity index (χ2v) is 10.2. The predicted octanol–water partition coefficient (Wildman–Crippen LogP) is 7.31. The zero-order valence-electron chi connectivity index (χ0n) is 24.4. The van der Waals surface area contributed by atoms with E-state index in [0.717, 1.165) is 59.7 Å². The molecule has 10 heteroatoms. The summed E-state index contributed by atoms with van der Waals surface area (Å²) in [7, 11) is 0. The van der Waals surface area contributed by atoms with E-state index in [1.165, 1.54) is 13.0 Å². The smallest absolute Gasteiger partial charge is 0.416 e. The molecule has 0 saturated carbocycles. The number of carboxylic acid groups (broad SMARTS) is 1. The summed E-state index contributed by atoms with van der Waals surface area (Å²) in [6.07, 6.45) is -1.02. The summed E-state index contributed by atoms with van der Waals surface area (Å²) in [5, 5.41) is 12.5. The molecular weight excluding hydrogens is 573 g/mol. The second-order valence-electron chi connectivity index (χ2n) is 10.2. The van der Waals surface area contributed by atoms with E-state index in [1.54, 1.807) is 24.3 Å². The van der Waals surface area contributed by atoms with E-state index in [9.17, 15) is 27.9 Å². The molecule has 4 aromatic rings. The van der Waals surface area contributed by atoms with Crippen molar-refractivity contribution in [3.63, 3.8) is 0 Å². The second kappa shape index (κ2) is 14.5. The highest BCUT2D eigenvalue weighted by molar-refractivity contribution is 6.04. The summed E-state index contributed by atoms with van der Waals surface area (Å²) in [6, 6.07) is 19.7. The van der Waals surface area contributed by atoms with Crippen LogP contribution >= 0.6 is 0 Å². The number of ketones is 1. The minimum atomic E-state index is -4.50. The van der Waals surface area contributed by atoms with Crippen LogP contribution in [0.3, 0.4) is 0 Å². The predicted molar refractivity (Wildman–Crippen MR) is 159 cm³/mol. The Labute approximate surface area is 253 Å². The van der Waals surface area contributed by atoms with Crippen LogP contribution in [0.25, 0.3) is 11.5 Å². The van der Waals surface area contributed by atoms with Crippen molar-refractivity contribution in [3.05, 3.63) is 119 Å². The van der Waals surface area contributed by atoms with E-state index in [2.05, 4.69) is 10.3 Å². The Morgan fingerprint density at radius 2 is 1.70 bits per heavy atom. The number of hydrogen-bond acceptors (Lipinski definition) is 6. The molecule has 230 valence electrons. The van der Waals surface area contributed by atoms with E-state index < -0.39 is 29.5 Å². The number of rotatable bonds is 14. The Hall–Kier alpha value is -4.86. The number of allylic oxidation sites excluding steroid dienone is 2. The number of benzene rings is 3. The molecule has 0 aliphatic rings. The number of carboxylic acids is 1. The van der Waals surface area contributed by atoms with Gasteiger partial charge in [-0.3, -0.25) is 4.79 Å². The zero-order valence-corrected chi connectivity index (χ0v) is 24.4. The minimum absolute atomic E-state index is 0.0605. The van der Waals surface area contributed by atoms with Gasteiger partial charge in [-0.15, -0.1) is 0 Å². The topological polar surface area (TPSA) is 102 Å². The van der Waals surface area contributed by atoms with Crippen LogP contribution in [-0.4, -0.2) is 34.5 Å². The van der Waals surface area contributed by atoms with Crippen LogP contribution in [0, 0.1) is 0 Å². The molecule has 2 N–H and O–H groups in total. The fourth-order valence-corrected chi connectivity index (χ4v) is 4.57. The monoisotopic (exact) mass is 606 g/mol. The maximum Gasteiger partial charge on any atom is 0.416 e. The summed E-state index contributed by atoms with van der Waals surface area (Å²) in [5.41, 5.74) is 2.07. The van der Waals surface area contributed by atoms with E-state index in [-0.39, 0.29) is 17.7 Å². The van der Waals surface area contributed by atoms with Crippen molar-refractivity contribution >= 4 is 11.8 Å². The molecule has 0 radical (unpaired) electrons. The number of halogens is 3. The van der Waals surface area contributed by atoms with Crippen molar-refractivity contribution in [1.29, 1.82) is 0 Å². The number of hydrogen-bond donors (Lipinski definition) is 2. The zero-order chi connectivity index (χ0) is 31.7. The number of carbonyl (C=O) groups is 2. The number of aryl methyl sites for hydroxylation is 2. The van der Waals surface area contributed by atoms with Gasteiger partial charge in [0.15, 0.2) is 5.78 Å². The number of nitrogens with zero attached hydrogens (tertiary/aromatic N) is 1. The van der Waals surface area contributed by atoms with Gasteiger partial charge in [0.2, 0.25) is 5.89 Å². The lowest BCUT2D eigenvalue weighted by molar-refractivity contribution is -0.139. The van der Waals surface area contributed by atoms with Crippen LogP contribution in [0.5, 0.6) is 5.75 Å². The quantitative estimate of drug-likeness (QED) is 0.0882. The van der Waals surface area contributed by atoms with Gasteiger partial charge in [-0.1, -0.05) is 49.4 Å². The van der Waals surface area contributed by atoms with Crippen molar-refractivity contribution in [2.45, 2.75) is 51.7 Å². The summed E-state index contributed by atoms with van der Waals surface area (Å²) in [6.45, 7) is 4.02. The van der Waals surface area contributed by atoms with Crippen molar-refractivity contribution in [3.8, 4) is 17.2 Å². The lowest BCUT2D eigenvalue weighted by Crippen LogP contribution is -2.37. The Morgan fingerprint density at radius 1 is 1.02 bits per heavy atom. The minimum Gasteiger partial charge on any atom is -0.494 e. The highest BCUT2D eigenvalue weighted by atomic mass is 19.4. The number of aromatic nitrogens is 1. The Balaban J connectivity index is 1.27. The van der Waals surface area contributed by atoms with Crippen LogP contribution in [0.4, 0.5) is 13.2 Å². The van der Waals surface area contributed by atoms with Gasteiger partial charge in [-0.05, 0) is 61.7 Å². The first-order valence-corrected chi connectivity index (χ1v) is 14.2. The number of alkyl halides is 3. The van der Waals surface area contributed by atoms with Gasteiger partial charge < -0.3 is 19.6 Å². The molecule has 4 rings (SSSR count). The van der Waals surface area contributed by atoms with E-state index >= 15 is 0 Å². The third-order valence-corrected chi connectivity index (χ3v) is 6.85. The molecule has 0 bridgehead atoms. The van der Waals surface area contributed by atoms with Crippen LogP contribution < -0.4 is 10.1 Å². The lowest BCUT2D eigenvalue weighted by atomic mass is 10.0. The van der Waals surface area contributed by atoms with Crippen LogP contribution in [0.2, 0.25) is 0 Å². The largest absolute Gasteiger partial charge is 0.494 e. The maximum atomic E-state index is 12.8. The Bertz CT molecular complexity index is 1580. The Kier molecular flexibility index (Phi) is 10.6. The molecule has 7 nitrogen and oxygen atoms in total. The van der Waals surface area contributed by atoms with Crippen molar-refractivity contribution in [2.75, 3.05) is 6.61 Å². The maximum absolute atomic E-state index is 12.8. The molecule has 44 heavy (non-hydrogen) atoms. The molecule has 0 amide bonds. The van der Waals surface area contributed by atoms with Crippen molar-refractivity contribution < 1.29 is 37.0 Å². The first-order valence-electron chi connectivity index (χ1n) is 14.2. The van der Waals surface area contributed by atoms with Gasteiger partial charge in [-0.2, -0.15) is 13.2 Å². The van der Waals surface area contributed by atoms with Crippen molar-refractivity contribution in [2.24, 2.45) is 0 Å². The molecule has 0 aliphatic heterocycles. The summed E-state index contributed by atoms with van der Waals surface area (Å²) in [4.78, 5) is 29.0. The molecule has 0 saturated heterocycles. The standard InChI is InChI=1S/C34H33F3N2O5/c1-3-31-28(39-32(44-31)25-8-5-4-6-9-25)10-7-19-43-27-17-11-23(12-18-27)21-29(33(41)42)38-22(2)20-30(40)24-13-15-26(16-14-24)34(35,36)37/h4-6,8-9,11-18,20,29,38H,3,7,10,19,21H2,1-2H3,(H,41,42)/b22-20-/t29-/m0/s1. The number of aliphatic carboxylic acids is 1. The molecule has 3 aromatic carbocycles. The third-order valence-electron chi connectivity index (χ3n) is 6.85. The van der Waals surface area contributed by atoms with Gasteiger partial charge >= 0.3 is 12.1 Å². The molecule has 0 fully saturated rings. The highest BCUT2D eigenvalue weighted by Gasteiger charge is 2.30. The first kappa shape index (κ1) is 32.1. The number of oxazole rings is 1. The molecule has 0 spiro atoms.